The van der Waals surface area contributed by atoms with E-state index in [0.717, 1.165) is 23.8 Å². The lowest BCUT2D eigenvalue weighted by Gasteiger charge is -2.13. The maximum Gasteiger partial charge on any atom is 0.213 e. The van der Waals surface area contributed by atoms with E-state index in [1.54, 1.807) is 13.2 Å². The molecule has 0 bridgehead atoms. The van der Waals surface area contributed by atoms with Gasteiger partial charge < -0.3 is 19.8 Å². The van der Waals surface area contributed by atoms with E-state index >= 15 is 0 Å². The zero-order valence-corrected chi connectivity index (χ0v) is 19.3. The summed E-state index contributed by atoms with van der Waals surface area (Å²) < 4.78 is 11.4. The second-order valence-corrected chi connectivity index (χ2v) is 7.91. The zero-order valence-electron chi connectivity index (χ0n) is 17.0. The number of hydrogen-bond acceptors (Lipinski definition) is 5. The minimum absolute atomic E-state index is 0. The quantitative estimate of drug-likeness (QED) is 0.344. The van der Waals surface area contributed by atoms with Gasteiger partial charge in [-0.05, 0) is 24.3 Å². The minimum Gasteiger partial charge on any atom is -0.477 e. The molecule has 0 aliphatic heterocycles. The summed E-state index contributed by atoms with van der Waals surface area (Å²) in [5.74, 6) is 3.61. The Morgan fingerprint density at radius 3 is 2.50 bits per heavy atom. The van der Waals surface area contributed by atoms with Crippen molar-refractivity contribution in [1.82, 2.24) is 20.6 Å². The lowest BCUT2D eigenvalue weighted by molar-refractivity contribution is 0.288. The van der Waals surface area contributed by atoms with Crippen LogP contribution in [0.4, 0.5) is 0 Å². The van der Waals surface area contributed by atoms with Gasteiger partial charge in [0.1, 0.15) is 5.76 Å². The second kappa shape index (κ2) is 10.1. The summed E-state index contributed by atoms with van der Waals surface area (Å²) in [4.78, 5) is 12.9. The van der Waals surface area contributed by atoms with Crippen molar-refractivity contribution in [2.24, 2.45) is 10.9 Å². The highest BCUT2D eigenvalue weighted by molar-refractivity contribution is 14.0. The summed E-state index contributed by atoms with van der Waals surface area (Å²) in [7, 11) is 1.73. The first-order valence-electron chi connectivity index (χ1n) is 9.41. The maximum atomic E-state index is 5.78. The molecule has 0 atom stereocenters. The van der Waals surface area contributed by atoms with E-state index in [4.69, 9.17) is 9.15 Å². The summed E-state index contributed by atoms with van der Waals surface area (Å²) in [6.45, 7) is 8.17. The van der Waals surface area contributed by atoms with Crippen LogP contribution in [-0.2, 0) is 18.5 Å². The van der Waals surface area contributed by atoms with Crippen molar-refractivity contribution in [3.63, 3.8) is 0 Å². The van der Waals surface area contributed by atoms with Crippen molar-refractivity contribution in [3.8, 4) is 5.88 Å². The number of oxazole rings is 1. The third-order valence-corrected chi connectivity index (χ3v) is 4.34. The van der Waals surface area contributed by atoms with Crippen LogP contribution >= 0.6 is 24.0 Å². The molecule has 2 N–H and O–H groups in total. The highest BCUT2D eigenvalue weighted by Gasteiger charge is 2.22. The Morgan fingerprint density at radius 2 is 1.93 bits per heavy atom. The SMILES string of the molecule is CN=C(NCc1ccc(OCC2CC2)nc1)NCc1ncc(C(C)(C)C)o1.I. The fourth-order valence-corrected chi connectivity index (χ4v) is 2.39. The van der Waals surface area contributed by atoms with Gasteiger partial charge in [0.25, 0.3) is 0 Å². The van der Waals surface area contributed by atoms with Gasteiger partial charge in [-0.3, -0.25) is 4.99 Å². The number of halogens is 1. The van der Waals surface area contributed by atoms with E-state index in [9.17, 15) is 0 Å². The molecule has 8 heteroatoms. The average molecular weight is 499 g/mol. The molecule has 0 unspecified atom stereocenters. The summed E-state index contributed by atoms with van der Waals surface area (Å²) >= 11 is 0. The van der Waals surface area contributed by atoms with E-state index in [0.29, 0.717) is 30.8 Å². The van der Waals surface area contributed by atoms with E-state index < -0.39 is 0 Å². The molecule has 0 amide bonds. The smallest absolute Gasteiger partial charge is 0.213 e. The molecular weight excluding hydrogens is 469 g/mol. The Bertz CT molecular complexity index is 764. The van der Waals surface area contributed by atoms with E-state index in [1.165, 1.54) is 12.8 Å². The minimum atomic E-state index is -0.0489. The standard InChI is InChI=1S/C20H29N5O2.HI/c1-20(2,3)16-11-23-18(27-16)12-25-19(21-4)24-10-15-7-8-17(22-9-15)26-13-14-5-6-14;/h7-9,11,14H,5-6,10,12-13H2,1-4H3,(H2,21,24,25);1H. The van der Waals surface area contributed by atoms with Crippen LogP contribution in [0.3, 0.4) is 0 Å². The lowest BCUT2D eigenvalue weighted by atomic mass is 9.94. The van der Waals surface area contributed by atoms with Gasteiger partial charge >= 0.3 is 0 Å². The van der Waals surface area contributed by atoms with Gasteiger partial charge in [-0.25, -0.2) is 9.97 Å². The summed E-state index contributed by atoms with van der Waals surface area (Å²) in [5.41, 5.74) is 1.01. The molecule has 2 aromatic rings. The predicted octanol–water partition coefficient (Wildman–Crippen LogP) is 3.64. The number of nitrogens with zero attached hydrogens (tertiary/aromatic N) is 3. The van der Waals surface area contributed by atoms with Crippen LogP contribution in [0.2, 0.25) is 0 Å². The van der Waals surface area contributed by atoms with Gasteiger partial charge in [0, 0.05) is 31.3 Å². The average Bonchev–Trinajstić information content (AvgIpc) is 3.35. The lowest BCUT2D eigenvalue weighted by Crippen LogP contribution is -2.36. The normalized spacial score (nSPS) is 14.4. The monoisotopic (exact) mass is 499 g/mol. The highest BCUT2D eigenvalue weighted by Crippen LogP contribution is 2.29. The van der Waals surface area contributed by atoms with Gasteiger partial charge in [-0.1, -0.05) is 26.8 Å². The first-order chi connectivity index (χ1) is 12.9. The number of rotatable bonds is 7. The Kier molecular flexibility index (Phi) is 8.09. The van der Waals surface area contributed by atoms with Crippen LogP contribution in [0.1, 0.15) is 50.8 Å². The number of pyridine rings is 1. The molecule has 1 saturated carbocycles. The Morgan fingerprint density at radius 1 is 1.18 bits per heavy atom. The van der Waals surface area contributed by atoms with Crippen LogP contribution in [-0.4, -0.2) is 29.6 Å². The molecule has 28 heavy (non-hydrogen) atoms. The van der Waals surface area contributed by atoms with Crippen molar-refractivity contribution in [2.75, 3.05) is 13.7 Å². The van der Waals surface area contributed by atoms with Gasteiger partial charge in [-0.15, -0.1) is 24.0 Å². The highest BCUT2D eigenvalue weighted by atomic mass is 127. The molecule has 0 aromatic carbocycles. The number of nitrogens with one attached hydrogen (secondary N) is 2. The van der Waals surface area contributed by atoms with Gasteiger partial charge in [0.2, 0.25) is 11.8 Å². The molecule has 0 spiro atoms. The molecule has 1 aliphatic carbocycles. The summed E-state index contributed by atoms with van der Waals surface area (Å²) in [6, 6.07) is 3.93. The fourth-order valence-electron chi connectivity index (χ4n) is 2.39. The first kappa shape index (κ1) is 22.4. The molecule has 2 heterocycles. The zero-order chi connectivity index (χ0) is 19.3. The van der Waals surface area contributed by atoms with E-state index in [-0.39, 0.29) is 29.4 Å². The number of hydrogen-bond donors (Lipinski definition) is 2. The third-order valence-electron chi connectivity index (χ3n) is 4.34. The maximum absolute atomic E-state index is 5.78. The molecule has 2 aromatic heterocycles. The van der Waals surface area contributed by atoms with E-state index in [2.05, 4.69) is 46.4 Å². The van der Waals surface area contributed by atoms with Crippen molar-refractivity contribution in [3.05, 3.63) is 41.7 Å². The van der Waals surface area contributed by atoms with Crippen LogP contribution in [0, 0.1) is 5.92 Å². The second-order valence-electron chi connectivity index (χ2n) is 7.91. The molecule has 3 rings (SSSR count). The predicted molar refractivity (Wildman–Crippen MR) is 120 cm³/mol. The van der Waals surface area contributed by atoms with Crippen LogP contribution in [0.25, 0.3) is 0 Å². The summed E-state index contributed by atoms with van der Waals surface area (Å²) in [6.07, 6.45) is 6.16. The van der Waals surface area contributed by atoms with Gasteiger partial charge in [0.15, 0.2) is 5.96 Å². The third kappa shape index (κ3) is 6.96. The molecule has 0 radical (unpaired) electrons. The molecule has 154 valence electrons. The number of aromatic nitrogens is 2. The molecule has 1 fully saturated rings. The fraction of sp³-hybridized carbons (Fsp3) is 0.550. The number of guanidine groups is 1. The molecule has 0 saturated heterocycles. The van der Waals surface area contributed by atoms with E-state index in [1.807, 2.05) is 18.3 Å². The van der Waals surface area contributed by atoms with Crippen molar-refractivity contribution in [2.45, 2.75) is 52.1 Å². The van der Waals surface area contributed by atoms with Crippen LogP contribution < -0.4 is 15.4 Å². The molecule has 1 aliphatic rings. The molecule has 7 nitrogen and oxygen atoms in total. The Balaban J connectivity index is 0.00000280. The largest absolute Gasteiger partial charge is 0.477 e. The van der Waals surface area contributed by atoms with Crippen LogP contribution in [0.15, 0.2) is 33.9 Å². The number of ether oxygens (including phenoxy) is 1. The Hall–Kier alpha value is -1.84. The van der Waals surface area contributed by atoms with Gasteiger partial charge in [0.05, 0.1) is 19.3 Å². The summed E-state index contributed by atoms with van der Waals surface area (Å²) in [5, 5.41) is 6.47. The van der Waals surface area contributed by atoms with Crippen molar-refractivity contribution >= 4 is 29.9 Å². The number of aliphatic imine (C=N–C) groups is 1. The van der Waals surface area contributed by atoms with Crippen molar-refractivity contribution in [1.29, 1.82) is 0 Å². The Labute approximate surface area is 183 Å². The van der Waals surface area contributed by atoms with Crippen LogP contribution in [0.5, 0.6) is 5.88 Å². The van der Waals surface area contributed by atoms with Crippen molar-refractivity contribution < 1.29 is 9.15 Å². The first-order valence-corrected chi connectivity index (χ1v) is 9.41. The molecular formula is C20H30IN5O2. The topological polar surface area (TPSA) is 84.6 Å². The van der Waals surface area contributed by atoms with Gasteiger partial charge in [-0.2, -0.15) is 0 Å².